The quantitative estimate of drug-likeness (QED) is 0.318. The Bertz CT molecular complexity index is 1270. The zero-order valence-corrected chi connectivity index (χ0v) is 17.9. The fourth-order valence-electron chi connectivity index (χ4n) is 4.48. The molecule has 3 heterocycles. The molecule has 2 aromatic heterocycles. The van der Waals surface area contributed by atoms with Gasteiger partial charge in [0.15, 0.2) is 6.20 Å². The second-order valence-corrected chi connectivity index (χ2v) is 10.2. The smallest absolute Gasteiger partial charge is 0.222 e. The summed E-state index contributed by atoms with van der Waals surface area (Å²) in [5, 5.41) is 3.96. The molecule has 0 aliphatic carbocycles. The molecule has 1 aliphatic heterocycles. The van der Waals surface area contributed by atoms with E-state index in [4.69, 9.17) is 0 Å². The Balaban J connectivity index is 1.85. The van der Waals surface area contributed by atoms with Crippen LogP contribution in [0.4, 0.5) is 0 Å². The van der Waals surface area contributed by atoms with Crippen LogP contribution in [0.15, 0.2) is 58.6 Å². The summed E-state index contributed by atoms with van der Waals surface area (Å²) in [7, 11) is 2.16. The zero-order valence-electron chi connectivity index (χ0n) is 17.1. The number of rotatable bonds is 1. The van der Waals surface area contributed by atoms with Crippen LogP contribution in [0.3, 0.4) is 0 Å². The van der Waals surface area contributed by atoms with E-state index in [-0.39, 0.29) is 5.41 Å². The molecule has 5 rings (SSSR count). The number of nitrogens with zero attached hydrogens (tertiary/aromatic N) is 2. The average molecular weight is 386 g/mol. The van der Waals surface area contributed by atoms with Gasteiger partial charge in [-0.15, -0.1) is 0 Å². The minimum absolute atomic E-state index is 0.274. The van der Waals surface area contributed by atoms with Gasteiger partial charge in [0.25, 0.3) is 0 Å². The Morgan fingerprint density at radius 1 is 1.07 bits per heavy atom. The molecule has 0 saturated heterocycles. The first-order valence-electron chi connectivity index (χ1n) is 9.84. The highest BCUT2D eigenvalue weighted by Crippen LogP contribution is 2.49. The molecule has 4 aromatic rings. The fraction of sp³-hybridized carbons (Fsp3) is 0.280. The van der Waals surface area contributed by atoms with E-state index in [0.29, 0.717) is 0 Å². The van der Waals surface area contributed by atoms with Gasteiger partial charge in [-0.3, -0.25) is 4.98 Å². The van der Waals surface area contributed by atoms with E-state index < -0.39 is 0 Å². The lowest BCUT2D eigenvalue weighted by Crippen LogP contribution is -2.31. The Morgan fingerprint density at radius 2 is 1.89 bits per heavy atom. The number of pyridine rings is 2. The van der Waals surface area contributed by atoms with Gasteiger partial charge in [-0.25, -0.2) is 4.57 Å². The van der Waals surface area contributed by atoms with Crippen molar-refractivity contribution in [2.24, 2.45) is 12.5 Å². The summed E-state index contributed by atoms with van der Waals surface area (Å²) in [6.45, 7) is 9.16. The minimum Gasteiger partial charge on any atom is -0.256 e. The van der Waals surface area contributed by atoms with Gasteiger partial charge >= 0.3 is 0 Å². The molecule has 0 saturated carbocycles. The van der Waals surface area contributed by atoms with E-state index in [1.54, 1.807) is 0 Å². The van der Waals surface area contributed by atoms with Gasteiger partial charge in [-0.2, -0.15) is 0 Å². The molecule has 0 bridgehead atoms. The summed E-state index contributed by atoms with van der Waals surface area (Å²) in [6.07, 6.45) is 5.17. The third kappa shape index (κ3) is 2.72. The van der Waals surface area contributed by atoms with Crippen LogP contribution in [-0.4, -0.2) is 4.98 Å². The monoisotopic (exact) mass is 385 g/mol. The molecule has 0 unspecified atom stereocenters. The van der Waals surface area contributed by atoms with Gasteiger partial charge in [0.2, 0.25) is 5.69 Å². The SMILES string of the molecule is Cc1c2c(cc3ncccc13)Sc1cc(CC(C)(C)C)cc3cc[n+](C)c-2c13. The third-order valence-corrected chi connectivity index (χ3v) is 6.67. The van der Waals surface area contributed by atoms with E-state index in [9.17, 15) is 0 Å². The molecule has 0 N–H and O–H groups in total. The maximum Gasteiger partial charge on any atom is 0.222 e. The lowest BCUT2D eigenvalue weighted by molar-refractivity contribution is -0.659. The van der Waals surface area contributed by atoms with Gasteiger partial charge in [0, 0.05) is 27.4 Å². The Labute approximate surface area is 170 Å². The normalized spacial score (nSPS) is 13.2. The number of benzene rings is 2. The van der Waals surface area contributed by atoms with E-state index in [1.807, 2.05) is 24.0 Å². The van der Waals surface area contributed by atoms with E-state index in [0.717, 1.165) is 11.9 Å². The molecular weight excluding hydrogens is 360 g/mol. The third-order valence-electron chi connectivity index (χ3n) is 5.58. The van der Waals surface area contributed by atoms with E-state index in [1.165, 1.54) is 48.3 Å². The molecule has 1 aliphatic rings. The Kier molecular flexibility index (Phi) is 3.82. The highest BCUT2D eigenvalue weighted by atomic mass is 32.2. The van der Waals surface area contributed by atoms with Crippen molar-refractivity contribution in [3.63, 3.8) is 0 Å². The van der Waals surface area contributed by atoms with Crippen LogP contribution in [-0.2, 0) is 13.5 Å². The maximum absolute atomic E-state index is 4.62. The first-order chi connectivity index (χ1) is 13.3. The summed E-state index contributed by atoms with van der Waals surface area (Å²) < 4.78 is 2.28. The summed E-state index contributed by atoms with van der Waals surface area (Å²) in [5.74, 6) is 0. The van der Waals surface area contributed by atoms with Crippen molar-refractivity contribution in [3.05, 3.63) is 59.9 Å². The summed E-state index contributed by atoms with van der Waals surface area (Å²) >= 11 is 1.90. The van der Waals surface area contributed by atoms with Crippen molar-refractivity contribution in [2.75, 3.05) is 0 Å². The summed E-state index contributed by atoms with van der Waals surface area (Å²) in [5.41, 5.74) is 6.77. The Hall–Kier alpha value is -2.39. The summed E-state index contributed by atoms with van der Waals surface area (Å²) in [6, 6.07) is 13.5. The van der Waals surface area contributed by atoms with Crippen molar-refractivity contribution >= 4 is 33.4 Å². The molecule has 140 valence electrons. The van der Waals surface area contributed by atoms with Crippen LogP contribution in [0, 0.1) is 12.3 Å². The highest BCUT2D eigenvalue weighted by Gasteiger charge is 2.29. The molecule has 2 aromatic carbocycles. The molecule has 3 heteroatoms. The number of hydrogen-bond acceptors (Lipinski definition) is 2. The van der Waals surface area contributed by atoms with Crippen molar-refractivity contribution < 1.29 is 4.57 Å². The van der Waals surface area contributed by atoms with Crippen molar-refractivity contribution in [1.82, 2.24) is 4.98 Å². The van der Waals surface area contributed by atoms with Crippen LogP contribution in [0.5, 0.6) is 0 Å². The molecule has 0 spiro atoms. The van der Waals surface area contributed by atoms with Gasteiger partial charge in [-0.1, -0.05) is 44.7 Å². The fourth-order valence-corrected chi connectivity index (χ4v) is 5.77. The van der Waals surface area contributed by atoms with Crippen LogP contribution >= 0.6 is 11.8 Å². The Morgan fingerprint density at radius 3 is 2.68 bits per heavy atom. The summed E-state index contributed by atoms with van der Waals surface area (Å²) in [4.78, 5) is 7.30. The number of aryl methyl sites for hydroxylation is 2. The first-order valence-corrected chi connectivity index (χ1v) is 10.7. The topological polar surface area (TPSA) is 16.8 Å². The van der Waals surface area contributed by atoms with E-state index >= 15 is 0 Å². The van der Waals surface area contributed by atoms with Crippen molar-refractivity contribution in [3.8, 4) is 11.3 Å². The standard InChI is InChI=1S/C25H25N2S/c1-15-18-7-6-9-26-19(18)13-21-22(15)24-23-17(8-10-27(24)5)11-16(12-20(23)28-21)14-25(2,3)4/h6-13H,14H2,1-5H3/q+1. The lowest BCUT2D eigenvalue weighted by atomic mass is 9.87. The maximum atomic E-state index is 4.62. The van der Waals surface area contributed by atoms with Crippen LogP contribution < -0.4 is 4.57 Å². The van der Waals surface area contributed by atoms with E-state index in [2.05, 4.69) is 80.8 Å². The molecular formula is C25H25N2S+. The van der Waals surface area contributed by atoms with Gasteiger partial charge in [-0.05, 0) is 53.5 Å². The van der Waals surface area contributed by atoms with Gasteiger partial charge in [0.1, 0.15) is 7.05 Å². The van der Waals surface area contributed by atoms with Gasteiger partial charge < -0.3 is 0 Å². The lowest BCUT2D eigenvalue weighted by Gasteiger charge is -2.23. The largest absolute Gasteiger partial charge is 0.256 e. The second-order valence-electron chi connectivity index (χ2n) is 9.12. The molecule has 0 amide bonds. The van der Waals surface area contributed by atoms with Crippen LogP contribution in [0.1, 0.15) is 31.9 Å². The predicted octanol–water partition coefficient (Wildman–Crippen LogP) is 6.24. The van der Waals surface area contributed by atoms with Gasteiger partial charge in [0.05, 0.1) is 16.5 Å². The highest BCUT2D eigenvalue weighted by molar-refractivity contribution is 7.99. The van der Waals surface area contributed by atoms with Crippen LogP contribution in [0.2, 0.25) is 0 Å². The zero-order chi connectivity index (χ0) is 19.6. The average Bonchev–Trinajstić information content (AvgIpc) is 2.62. The number of aromatic nitrogens is 2. The molecule has 0 fully saturated rings. The van der Waals surface area contributed by atoms with Crippen molar-refractivity contribution in [1.29, 1.82) is 0 Å². The number of fused-ring (bicyclic) bond motifs is 3. The predicted molar refractivity (Wildman–Crippen MR) is 118 cm³/mol. The first kappa shape index (κ1) is 17.7. The molecule has 0 atom stereocenters. The molecule has 28 heavy (non-hydrogen) atoms. The molecule has 2 nitrogen and oxygen atoms in total. The second kappa shape index (κ2) is 6.05. The minimum atomic E-state index is 0.274. The van der Waals surface area contributed by atoms with Crippen molar-refractivity contribution in [2.45, 2.75) is 43.9 Å². The molecule has 0 radical (unpaired) electrons. The number of hydrogen-bond donors (Lipinski definition) is 0. The van der Waals surface area contributed by atoms with Crippen LogP contribution in [0.25, 0.3) is 32.9 Å².